The van der Waals surface area contributed by atoms with Gasteiger partial charge in [0, 0.05) is 11.4 Å². The monoisotopic (exact) mass is 215 g/mol. The highest BCUT2D eigenvalue weighted by Gasteiger charge is 1.91. The Bertz CT molecular complexity index is 268. The van der Waals surface area contributed by atoms with Gasteiger partial charge in [-0.15, -0.1) is 11.3 Å². The number of hydrogen-bond acceptors (Lipinski definition) is 2. The van der Waals surface area contributed by atoms with Crippen LogP contribution in [0.3, 0.4) is 0 Å². The number of nitrogens with one attached hydrogen (secondary N) is 1. The first-order valence-electron chi connectivity index (χ1n) is 4.45. The van der Waals surface area contributed by atoms with Crippen molar-refractivity contribution in [2.24, 2.45) is 0 Å². The second-order valence-corrected chi connectivity index (χ2v) is 4.50. The van der Waals surface area contributed by atoms with Crippen LogP contribution in [0.25, 0.3) is 6.08 Å². The van der Waals surface area contributed by atoms with Gasteiger partial charge in [-0.2, -0.15) is 0 Å². The molecule has 0 radical (unpaired) electrons. The molecule has 0 atom stereocenters. The molecule has 0 saturated carbocycles. The minimum atomic E-state index is 0.848. The zero-order chi connectivity index (χ0) is 9.52. The largest absolute Gasteiger partial charge is 0.313 e. The van der Waals surface area contributed by atoms with Gasteiger partial charge in [-0.1, -0.05) is 24.6 Å². The lowest BCUT2D eigenvalue weighted by Gasteiger charge is -1.95. The first-order valence-corrected chi connectivity index (χ1v) is 5.65. The third-order valence-electron chi connectivity index (χ3n) is 1.57. The lowest BCUT2D eigenvalue weighted by molar-refractivity contribution is 0.730. The van der Waals surface area contributed by atoms with E-state index in [9.17, 15) is 0 Å². The molecule has 0 fully saturated rings. The van der Waals surface area contributed by atoms with E-state index < -0.39 is 0 Å². The Labute approximate surface area is 88.4 Å². The maximum Gasteiger partial charge on any atom is 0.0934 e. The van der Waals surface area contributed by atoms with E-state index in [0.29, 0.717) is 0 Å². The highest BCUT2D eigenvalue weighted by molar-refractivity contribution is 7.16. The second kappa shape index (κ2) is 6.19. The normalized spacial score (nSPS) is 11.2. The molecule has 3 heteroatoms. The highest BCUT2D eigenvalue weighted by Crippen LogP contribution is 2.22. The van der Waals surface area contributed by atoms with Crippen LogP contribution in [0.5, 0.6) is 0 Å². The Morgan fingerprint density at radius 1 is 1.54 bits per heavy atom. The first kappa shape index (κ1) is 10.8. The third-order valence-corrected chi connectivity index (χ3v) is 2.76. The lowest BCUT2D eigenvalue weighted by atomic mass is 10.4. The van der Waals surface area contributed by atoms with Crippen LogP contribution in [-0.4, -0.2) is 13.1 Å². The maximum absolute atomic E-state index is 5.79. The van der Waals surface area contributed by atoms with E-state index in [1.807, 2.05) is 12.1 Å². The van der Waals surface area contributed by atoms with Crippen LogP contribution in [-0.2, 0) is 0 Å². The molecule has 0 aliphatic rings. The summed E-state index contributed by atoms with van der Waals surface area (Å²) in [6.07, 6.45) is 5.40. The van der Waals surface area contributed by atoms with Gasteiger partial charge in [-0.05, 0) is 31.2 Å². The third kappa shape index (κ3) is 4.46. The molecule has 0 aromatic carbocycles. The van der Waals surface area contributed by atoms with Gasteiger partial charge in [0.1, 0.15) is 0 Å². The van der Waals surface area contributed by atoms with Gasteiger partial charge in [0.2, 0.25) is 0 Å². The molecule has 0 aliphatic carbocycles. The van der Waals surface area contributed by atoms with Crippen LogP contribution >= 0.6 is 22.9 Å². The molecule has 1 heterocycles. The average Bonchev–Trinajstić information content (AvgIpc) is 2.51. The van der Waals surface area contributed by atoms with Crippen molar-refractivity contribution in [3.63, 3.8) is 0 Å². The quantitative estimate of drug-likeness (QED) is 0.743. The van der Waals surface area contributed by atoms with Crippen molar-refractivity contribution in [2.75, 3.05) is 13.1 Å². The van der Waals surface area contributed by atoms with Crippen molar-refractivity contribution in [1.82, 2.24) is 5.32 Å². The highest BCUT2D eigenvalue weighted by atomic mass is 35.5. The fraction of sp³-hybridized carbons (Fsp3) is 0.400. The first-order chi connectivity index (χ1) is 6.33. The van der Waals surface area contributed by atoms with Crippen LogP contribution in [0.1, 0.15) is 18.2 Å². The molecule has 0 aliphatic heterocycles. The number of hydrogen-bond donors (Lipinski definition) is 1. The molecule has 0 amide bonds. The molecule has 1 rings (SSSR count). The predicted octanol–water partition coefficient (Wildman–Crippen LogP) is 3.41. The Kier molecular flexibility index (Phi) is 5.13. The minimum Gasteiger partial charge on any atom is -0.313 e. The van der Waals surface area contributed by atoms with E-state index in [1.165, 1.54) is 11.3 Å². The molecule has 0 saturated heterocycles. The molecule has 0 spiro atoms. The smallest absolute Gasteiger partial charge is 0.0934 e. The van der Waals surface area contributed by atoms with Gasteiger partial charge in [0.25, 0.3) is 0 Å². The van der Waals surface area contributed by atoms with Crippen molar-refractivity contribution in [3.8, 4) is 0 Å². The molecule has 72 valence electrons. The van der Waals surface area contributed by atoms with Gasteiger partial charge >= 0.3 is 0 Å². The van der Waals surface area contributed by atoms with Crippen molar-refractivity contribution in [3.05, 3.63) is 27.4 Å². The van der Waals surface area contributed by atoms with Crippen molar-refractivity contribution >= 4 is 29.0 Å². The molecule has 1 N–H and O–H groups in total. The van der Waals surface area contributed by atoms with Gasteiger partial charge in [0.15, 0.2) is 0 Å². The predicted molar refractivity (Wildman–Crippen MR) is 61.5 cm³/mol. The van der Waals surface area contributed by atoms with Crippen LogP contribution < -0.4 is 5.32 Å². The summed E-state index contributed by atoms with van der Waals surface area (Å²) in [4.78, 5) is 1.21. The van der Waals surface area contributed by atoms with Crippen LogP contribution in [0, 0.1) is 0 Å². The van der Waals surface area contributed by atoms with Crippen LogP contribution in [0.4, 0.5) is 0 Å². The van der Waals surface area contributed by atoms with E-state index in [4.69, 9.17) is 11.6 Å². The van der Waals surface area contributed by atoms with Gasteiger partial charge < -0.3 is 5.32 Å². The molecule has 1 nitrogen and oxygen atoms in total. The van der Waals surface area contributed by atoms with Crippen molar-refractivity contribution < 1.29 is 0 Å². The summed E-state index contributed by atoms with van der Waals surface area (Å²) < 4.78 is 0.848. The Balaban J connectivity index is 2.24. The Morgan fingerprint density at radius 3 is 3.00 bits per heavy atom. The zero-order valence-electron chi connectivity index (χ0n) is 7.72. The Morgan fingerprint density at radius 2 is 2.38 bits per heavy atom. The fourth-order valence-corrected chi connectivity index (χ4v) is 1.95. The van der Waals surface area contributed by atoms with Gasteiger partial charge in [-0.3, -0.25) is 0 Å². The zero-order valence-corrected chi connectivity index (χ0v) is 9.29. The SMILES string of the molecule is CCCNCC=Cc1ccc(Cl)s1. The summed E-state index contributed by atoms with van der Waals surface area (Å²) >= 11 is 7.39. The summed E-state index contributed by atoms with van der Waals surface area (Å²) in [5.41, 5.74) is 0. The standard InChI is InChI=1S/C10H14ClNS/c1-2-7-12-8-3-4-9-5-6-10(11)13-9/h3-6,12H,2,7-8H2,1H3. The molecule has 0 unspecified atom stereocenters. The van der Waals surface area contributed by atoms with E-state index >= 15 is 0 Å². The summed E-state index contributed by atoms with van der Waals surface area (Å²) in [7, 11) is 0. The Hall–Kier alpha value is -0.310. The summed E-state index contributed by atoms with van der Waals surface area (Å²) in [5.74, 6) is 0. The van der Waals surface area contributed by atoms with Gasteiger partial charge in [-0.25, -0.2) is 0 Å². The number of rotatable bonds is 5. The molecule has 1 aromatic heterocycles. The topological polar surface area (TPSA) is 12.0 Å². The van der Waals surface area contributed by atoms with E-state index in [0.717, 1.165) is 17.4 Å². The fourth-order valence-electron chi connectivity index (χ4n) is 0.955. The summed E-state index contributed by atoms with van der Waals surface area (Å²) in [5, 5.41) is 3.30. The molecular formula is C10H14ClNS. The lowest BCUT2D eigenvalue weighted by Crippen LogP contribution is -2.13. The average molecular weight is 216 g/mol. The van der Waals surface area contributed by atoms with Crippen molar-refractivity contribution in [2.45, 2.75) is 13.3 Å². The molecule has 1 aromatic rings. The molecule has 13 heavy (non-hydrogen) atoms. The van der Waals surface area contributed by atoms with E-state index in [2.05, 4.69) is 24.4 Å². The van der Waals surface area contributed by atoms with Crippen LogP contribution in [0.2, 0.25) is 4.34 Å². The minimum absolute atomic E-state index is 0.848. The second-order valence-electron chi connectivity index (χ2n) is 2.75. The molecular weight excluding hydrogens is 202 g/mol. The van der Waals surface area contributed by atoms with Gasteiger partial charge in [0.05, 0.1) is 4.34 Å². The number of thiophene rings is 1. The van der Waals surface area contributed by atoms with Crippen molar-refractivity contribution in [1.29, 1.82) is 0 Å². The van der Waals surface area contributed by atoms with Crippen LogP contribution in [0.15, 0.2) is 18.2 Å². The molecule has 0 bridgehead atoms. The summed E-state index contributed by atoms with van der Waals surface area (Å²) in [6.45, 7) is 4.18. The van der Waals surface area contributed by atoms with E-state index in [1.54, 1.807) is 11.3 Å². The summed E-state index contributed by atoms with van der Waals surface area (Å²) in [6, 6.07) is 3.95. The number of halogens is 1. The van der Waals surface area contributed by atoms with E-state index in [-0.39, 0.29) is 0 Å². The maximum atomic E-state index is 5.79.